The number of benzene rings is 2. The Hall–Kier alpha value is -2.58. The van der Waals surface area contributed by atoms with E-state index in [1.165, 1.54) is 10.4 Å². The van der Waals surface area contributed by atoms with Crippen molar-refractivity contribution in [2.75, 3.05) is 32.8 Å². The summed E-state index contributed by atoms with van der Waals surface area (Å²) in [5.74, 6) is 1.27. The average molecular weight is 471 g/mol. The number of carbonyl (C=O) groups excluding carboxylic acids is 1. The first-order valence-corrected chi connectivity index (χ1v) is 13.2. The molecule has 7 nitrogen and oxygen atoms in total. The first kappa shape index (κ1) is 22.2. The fourth-order valence-corrected chi connectivity index (χ4v) is 6.78. The van der Waals surface area contributed by atoms with E-state index in [0.29, 0.717) is 38.4 Å². The summed E-state index contributed by atoms with van der Waals surface area (Å²) in [7, 11) is -3.56. The van der Waals surface area contributed by atoms with Crippen LogP contribution in [0.5, 0.6) is 11.5 Å². The van der Waals surface area contributed by atoms with Gasteiger partial charge < -0.3 is 14.8 Å². The van der Waals surface area contributed by atoms with E-state index in [1.54, 1.807) is 18.2 Å². The highest BCUT2D eigenvalue weighted by atomic mass is 32.2. The number of amides is 1. The Kier molecular flexibility index (Phi) is 6.05. The molecule has 0 bridgehead atoms. The van der Waals surface area contributed by atoms with Crippen molar-refractivity contribution in [2.24, 2.45) is 0 Å². The van der Waals surface area contributed by atoms with Crippen LogP contribution in [0.2, 0.25) is 0 Å². The fraction of sp³-hybridized carbons (Fsp3) is 0.480. The van der Waals surface area contributed by atoms with E-state index in [1.807, 2.05) is 6.07 Å². The predicted octanol–water partition coefficient (Wildman–Crippen LogP) is 3.48. The van der Waals surface area contributed by atoms with Crippen LogP contribution in [-0.4, -0.2) is 51.5 Å². The van der Waals surface area contributed by atoms with E-state index in [-0.39, 0.29) is 16.2 Å². The summed E-state index contributed by atoms with van der Waals surface area (Å²) < 4.78 is 38.7. The molecule has 1 amide bonds. The highest BCUT2D eigenvalue weighted by molar-refractivity contribution is 7.89. The Morgan fingerprint density at radius 2 is 1.67 bits per heavy atom. The number of carbonyl (C=O) groups is 1. The van der Waals surface area contributed by atoms with Crippen LogP contribution in [-0.2, 0) is 15.4 Å². The quantitative estimate of drug-likeness (QED) is 0.699. The van der Waals surface area contributed by atoms with Crippen LogP contribution in [0.15, 0.2) is 47.4 Å². The molecule has 176 valence electrons. The minimum absolute atomic E-state index is 0.162. The van der Waals surface area contributed by atoms with Crippen LogP contribution in [0.25, 0.3) is 0 Å². The van der Waals surface area contributed by atoms with Gasteiger partial charge in [0.15, 0.2) is 11.5 Å². The number of sulfonamides is 1. The van der Waals surface area contributed by atoms with E-state index in [4.69, 9.17) is 9.47 Å². The maximum atomic E-state index is 13.0. The lowest BCUT2D eigenvalue weighted by Crippen LogP contribution is -2.39. The maximum absolute atomic E-state index is 13.0. The first-order chi connectivity index (χ1) is 16.0. The van der Waals surface area contributed by atoms with Gasteiger partial charge in [0, 0.05) is 30.6 Å². The minimum atomic E-state index is -3.56. The number of nitrogens with zero attached hydrogens (tertiary/aromatic N) is 1. The highest BCUT2D eigenvalue weighted by Gasteiger charge is 2.37. The molecule has 2 aliphatic heterocycles. The smallest absolute Gasteiger partial charge is 0.251 e. The largest absolute Gasteiger partial charge is 0.486 e. The van der Waals surface area contributed by atoms with Crippen molar-refractivity contribution in [1.29, 1.82) is 0 Å². The third kappa shape index (κ3) is 4.34. The average Bonchev–Trinajstić information content (AvgIpc) is 3.56. The SMILES string of the molecule is O=C(NCC1(c2ccc3c(c2)OCCO3)CCCC1)c1cccc(S(=O)(=O)N2CCCC2)c1. The molecule has 2 aromatic rings. The molecule has 8 heteroatoms. The monoisotopic (exact) mass is 470 g/mol. The van der Waals surface area contributed by atoms with E-state index in [0.717, 1.165) is 55.6 Å². The molecular weight excluding hydrogens is 440 g/mol. The topological polar surface area (TPSA) is 84.9 Å². The van der Waals surface area contributed by atoms with Crippen LogP contribution in [0, 0.1) is 0 Å². The minimum Gasteiger partial charge on any atom is -0.486 e. The number of nitrogens with one attached hydrogen (secondary N) is 1. The second-order valence-electron chi connectivity index (χ2n) is 9.17. The van der Waals surface area contributed by atoms with E-state index in [2.05, 4.69) is 17.4 Å². The normalized spacial score (nSPS) is 20.0. The Bertz CT molecular complexity index is 1140. The van der Waals surface area contributed by atoms with E-state index in [9.17, 15) is 13.2 Å². The van der Waals surface area contributed by atoms with Gasteiger partial charge >= 0.3 is 0 Å². The van der Waals surface area contributed by atoms with Crippen molar-refractivity contribution in [1.82, 2.24) is 9.62 Å². The summed E-state index contributed by atoms with van der Waals surface area (Å²) in [5, 5.41) is 3.09. The van der Waals surface area contributed by atoms with Gasteiger partial charge in [0.2, 0.25) is 10.0 Å². The zero-order valence-electron chi connectivity index (χ0n) is 18.7. The lowest BCUT2D eigenvalue weighted by Gasteiger charge is -2.31. The number of rotatable bonds is 6. The van der Waals surface area contributed by atoms with E-state index >= 15 is 0 Å². The summed E-state index contributed by atoms with van der Waals surface area (Å²) in [6.45, 7) is 2.67. The van der Waals surface area contributed by atoms with Crippen molar-refractivity contribution in [3.05, 3.63) is 53.6 Å². The summed E-state index contributed by atoms with van der Waals surface area (Å²) in [6, 6.07) is 12.5. The van der Waals surface area contributed by atoms with Crippen LogP contribution < -0.4 is 14.8 Å². The molecule has 0 atom stereocenters. The zero-order chi connectivity index (χ0) is 22.9. The summed E-state index contributed by atoms with van der Waals surface area (Å²) in [5.41, 5.74) is 1.35. The molecule has 0 unspecified atom stereocenters. The Morgan fingerprint density at radius 1 is 0.939 bits per heavy atom. The molecule has 1 saturated heterocycles. The molecule has 0 spiro atoms. The van der Waals surface area contributed by atoms with E-state index < -0.39 is 10.0 Å². The van der Waals surface area contributed by atoms with Crippen molar-refractivity contribution >= 4 is 15.9 Å². The van der Waals surface area contributed by atoms with Gasteiger partial charge in [-0.3, -0.25) is 4.79 Å². The molecule has 2 aromatic carbocycles. The lowest BCUT2D eigenvalue weighted by molar-refractivity contribution is 0.0943. The summed E-state index contributed by atoms with van der Waals surface area (Å²) >= 11 is 0. The summed E-state index contributed by atoms with van der Waals surface area (Å²) in [6.07, 6.45) is 5.93. The van der Waals surface area contributed by atoms with Gasteiger partial charge in [-0.05, 0) is 61.6 Å². The third-order valence-electron chi connectivity index (χ3n) is 7.10. The third-order valence-corrected chi connectivity index (χ3v) is 9.00. The Balaban J connectivity index is 1.33. The standard InChI is InChI=1S/C25H30N2O5S/c28-24(19-6-5-7-21(16-19)33(29,30)27-12-3-4-13-27)26-18-25(10-1-2-11-25)20-8-9-22-23(17-20)32-15-14-31-22/h5-9,16-17H,1-4,10-15,18H2,(H,26,28). The number of ether oxygens (including phenoxy) is 2. The van der Waals surface area contributed by atoms with Gasteiger partial charge in [-0.25, -0.2) is 8.42 Å². The summed E-state index contributed by atoms with van der Waals surface area (Å²) in [4.78, 5) is 13.2. The predicted molar refractivity (Wildman–Crippen MR) is 124 cm³/mol. The highest BCUT2D eigenvalue weighted by Crippen LogP contribution is 2.44. The van der Waals surface area contributed by atoms with Gasteiger partial charge in [0.25, 0.3) is 5.91 Å². The van der Waals surface area contributed by atoms with Crippen LogP contribution >= 0.6 is 0 Å². The lowest BCUT2D eigenvalue weighted by atomic mass is 9.78. The molecule has 1 aliphatic carbocycles. The van der Waals surface area contributed by atoms with Crippen molar-refractivity contribution < 1.29 is 22.7 Å². The van der Waals surface area contributed by atoms with Crippen molar-refractivity contribution in [3.8, 4) is 11.5 Å². The zero-order valence-corrected chi connectivity index (χ0v) is 19.5. The number of hydrogen-bond acceptors (Lipinski definition) is 5. The van der Waals surface area contributed by atoms with Gasteiger partial charge in [0.1, 0.15) is 13.2 Å². The molecule has 2 heterocycles. The molecule has 1 saturated carbocycles. The molecule has 0 radical (unpaired) electrons. The molecule has 33 heavy (non-hydrogen) atoms. The van der Waals surface area contributed by atoms with Crippen LogP contribution in [0.1, 0.15) is 54.4 Å². The van der Waals surface area contributed by atoms with Crippen molar-refractivity contribution in [3.63, 3.8) is 0 Å². The molecule has 0 aromatic heterocycles. The first-order valence-electron chi connectivity index (χ1n) is 11.8. The Morgan fingerprint density at radius 3 is 2.42 bits per heavy atom. The molecule has 1 N–H and O–H groups in total. The Labute approximate surface area is 195 Å². The second kappa shape index (κ2) is 8.99. The second-order valence-corrected chi connectivity index (χ2v) is 11.1. The molecule has 3 aliphatic rings. The molecular formula is C25H30N2O5S. The molecule has 2 fully saturated rings. The number of fused-ring (bicyclic) bond motifs is 1. The molecule has 5 rings (SSSR count). The maximum Gasteiger partial charge on any atom is 0.251 e. The number of hydrogen-bond donors (Lipinski definition) is 1. The van der Waals surface area contributed by atoms with Crippen LogP contribution in [0.3, 0.4) is 0 Å². The van der Waals surface area contributed by atoms with Gasteiger partial charge in [-0.1, -0.05) is 25.0 Å². The fourth-order valence-electron chi connectivity index (χ4n) is 5.22. The van der Waals surface area contributed by atoms with Gasteiger partial charge in [-0.15, -0.1) is 0 Å². The van der Waals surface area contributed by atoms with Crippen molar-refractivity contribution in [2.45, 2.75) is 48.8 Å². The van der Waals surface area contributed by atoms with Gasteiger partial charge in [-0.2, -0.15) is 4.31 Å². The van der Waals surface area contributed by atoms with Crippen LogP contribution in [0.4, 0.5) is 0 Å². The van der Waals surface area contributed by atoms with Gasteiger partial charge in [0.05, 0.1) is 4.90 Å².